The van der Waals surface area contributed by atoms with Crippen molar-refractivity contribution in [3.8, 4) is 0 Å². The average molecular weight is 546 g/mol. The first kappa shape index (κ1) is 27.5. The van der Waals surface area contributed by atoms with Crippen LogP contribution >= 0.6 is 23.2 Å². The number of likely N-dealkylation sites (tertiary alicyclic amines) is 2. The van der Waals surface area contributed by atoms with Gasteiger partial charge in [0.15, 0.2) is 0 Å². The van der Waals surface area contributed by atoms with E-state index in [1.807, 2.05) is 59.2 Å². The predicted molar refractivity (Wildman–Crippen MR) is 145 cm³/mol. The third-order valence-corrected chi connectivity index (χ3v) is 8.34. The molecular formula is C29H34Cl2N2O4. The number of rotatable bonds is 8. The van der Waals surface area contributed by atoms with Crippen LogP contribution in [0.4, 0.5) is 0 Å². The van der Waals surface area contributed by atoms with Crippen molar-refractivity contribution in [1.82, 2.24) is 9.80 Å². The fourth-order valence-electron chi connectivity index (χ4n) is 6.00. The van der Waals surface area contributed by atoms with Gasteiger partial charge in [-0.3, -0.25) is 14.4 Å². The summed E-state index contributed by atoms with van der Waals surface area (Å²) in [6, 6.07) is 14.4. The zero-order chi connectivity index (χ0) is 26.7. The van der Waals surface area contributed by atoms with E-state index in [0.29, 0.717) is 42.4 Å². The van der Waals surface area contributed by atoms with Crippen LogP contribution in [-0.4, -0.2) is 51.8 Å². The molecule has 0 aromatic heterocycles. The van der Waals surface area contributed by atoms with E-state index < -0.39 is 11.4 Å². The lowest BCUT2D eigenvalue weighted by atomic mass is 9.67. The standard InChI is InChI=1S/C29H34Cl2N2O4/c1-3-23(18-32-14-5-4-9-25(32)34)33-27(19-10-12-21(30)13-11-19)24(20-7-6-8-22(31)15-20)16-29(2,28(33)37)17-26(35)36/h6-8,10-13,15,23-24,27H,3-5,9,14,16-18H2,1-2H3,(H,35,36)/t23-,24+,27+,29+/m0/s1. The Bertz CT molecular complexity index is 1150. The fourth-order valence-corrected chi connectivity index (χ4v) is 6.33. The molecular weight excluding hydrogens is 511 g/mol. The average Bonchev–Trinajstić information content (AvgIpc) is 2.85. The van der Waals surface area contributed by atoms with Crippen molar-refractivity contribution < 1.29 is 19.5 Å². The van der Waals surface area contributed by atoms with Crippen molar-refractivity contribution in [3.05, 3.63) is 69.7 Å². The number of carboxylic acids is 1. The second-order valence-electron chi connectivity index (χ2n) is 10.6. The number of halogens is 2. The summed E-state index contributed by atoms with van der Waals surface area (Å²) in [4.78, 5) is 42.7. The van der Waals surface area contributed by atoms with Gasteiger partial charge in [-0.05, 0) is 61.1 Å². The molecule has 2 aliphatic heterocycles. The van der Waals surface area contributed by atoms with Crippen LogP contribution in [0.1, 0.15) is 75.5 Å². The molecule has 0 spiro atoms. The summed E-state index contributed by atoms with van der Waals surface area (Å²) in [6.07, 6.45) is 3.07. The van der Waals surface area contributed by atoms with Crippen LogP contribution in [-0.2, 0) is 14.4 Å². The van der Waals surface area contributed by atoms with Gasteiger partial charge >= 0.3 is 5.97 Å². The molecule has 0 bridgehead atoms. The minimum Gasteiger partial charge on any atom is -0.481 e. The van der Waals surface area contributed by atoms with Crippen LogP contribution in [0.5, 0.6) is 0 Å². The first-order valence-electron chi connectivity index (χ1n) is 13.0. The van der Waals surface area contributed by atoms with Gasteiger partial charge in [0, 0.05) is 41.5 Å². The predicted octanol–water partition coefficient (Wildman–Crippen LogP) is 6.32. The van der Waals surface area contributed by atoms with Gasteiger partial charge in [0.05, 0.1) is 17.9 Å². The van der Waals surface area contributed by atoms with E-state index >= 15 is 0 Å². The molecule has 1 N–H and O–H groups in total. The monoisotopic (exact) mass is 544 g/mol. The summed E-state index contributed by atoms with van der Waals surface area (Å²) >= 11 is 12.6. The summed E-state index contributed by atoms with van der Waals surface area (Å²) in [6.45, 7) is 4.87. The Kier molecular flexibility index (Phi) is 8.49. The third-order valence-electron chi connectivity index (χ3n) is 7.85. The van der Waals surface area contributed by atoms with Gasteiger partial charge in [0.1, 0.15) is 0 Å². The molecule has 0 radical (unpaired) electrons. The number of aliphatic carboxylic acids is 1. The Morgan fingerprint density at radius 2 is 1.81 bits per heavy atom. The number of hydrogen-bond donors (Lipinski definition) is 1. The Hall–Kier alpha value is -2.57. The molecule has 8 heteroatoms. The van der Waals surface area contributed by atoms with Crippen LogP contribution in [0.25, 0.3) is 0 Å². The number of piperidine rings is 2. The normalized spacial score (nSPS) is 25.3. The van der Waals surface area contributed by atoms with Gasteiger partial charge in [0.25, 0.3) is 0 Å². The molecule has 2 heterocycles. The number of amides is 2. The molecule has 2 aliphatic rings. The second-order valence-corrected chi connectivity index (χ2v) is 11.4. The maximum Gasteiger partial charge on any atom is 0.304 e. The Morgan fingerprint density at radius 1 is 1.08 bits per heavy atom. The SMILES string of the molecule is CC[C@@H](CN1CCCCC1=O)N1C(=O)[C@@](C)(CC(=O)O)C[C@H](c2cccc(Cl)c2)[C@H]1c1ccc(Cl)cc1. The summed E-state index contributed by atoms with van der Waals surface area (Å²) in [7, 11) is 0. The molecule has 37 heavy (non-hydrogen) atoms. The fraction of sp³-hybridized carbons (Fsp3) is 0.483. The highest BCUT2D eigenvalue weighted by Gasteiger charge is 2.52. The second kappa shape index (κ2) is 11.4. The Balaban J connectivity index is 1.86. The van der Waals surface area contributed by atoms with Gasteiger partial charge in [0.2, 0.25) is 11.8 Å². The van der Waals surface area contributed by atoms with Gasteiger partial charge in [-0.25, -0.2) is 0 Å². The number of carbonyl (C=O) groups excluding carboxylic acids is 2. The quantitative estimate of drug-likeness (QED) is 0.421. The minimum atomic E-state index is -1.11. The van der Waals surface area contributed by atoms with Gasteiger partial charge < -0.3 is 14.9 Å². The van der Waals surface area contributed by atoms with Gasteiger partial charge in [-0.1, -0.05) is 61.3 Å². The van der Waals surface area contributed by atoms with Gasteiger partial charge in [-0.15, -0.1) is 0 Å². The zero-order valence-electron chi connectivity index (χ0n) is 21.3. The molecule has 0 aliphatic carbocycles. The molecule has 0 unspecified atom stereocenters. The van der Waals surface area contributed by atoms with Crippen molar-refractivity contribution in [2.75, 3.05) is 13.1 Å². The topological polar surface area (TPSA) is 77.9 Å². The lowest BCUT2D eigenvalue weighted by Gasteiger charge is -2.52. The van der Waals surface area contributed by atoms with E-state index in [1.165, 1.54) is 0 Å². The first-order valence-corrected chi connectivity index (χ1v) is 13.7. The highest BCUT2D eigenvalue weighted by Crippen LogP contribution is 2.52. The maximum absolute atomic E-state index is 14.3. The number of carbonyl (C=O) groups is 3. The molecule has 198 valence electrons. The molecule has 2 amide bonds. The van der Waals surface area contributed by atoms with E-state index in [1.54, 1.807) is 13.0 Å². The zero-order valence-corrected chi connectivity index (χ0v) is 22.8. The smallest absolute Gasteiger partial charge is 0.304 e. The lowest BCUT2D eigenvalue weighted by Crippen LogP contribution is -2.58. The highest BCUT2D eigenvalue weighted by atomic mass is 35.5. The highest BCUT2D eigenvalue weighted by molar-refractivity contribution is 6.30. The third kappa shape index (κ3) is 5.96. The van der Waals surface area contributed by atoms with Crippen molar-refractivity contribution >= 4 is 41.0 Å². The number of hydrogen-bond acceptors (Lipinski definition) is 3. The van der Waals surface area contributed by atoms with E-state index in [9.17, 15) is 19.5 Å². The molecule has 2 fully saturated rings. The summed E-state index contributed by atoms with van der Waals surface area (Å²) in [5.41, 5.74) is 0.759. The maximum atomic E-state index is 14.3. The van der Waals surface area contributed by atoms with Crippen molar-refractivity contribution in [2.45, 2.75) is 70.4 Å². The van der Waals surface area contributed by atoms with E-state index in [4.69, 9.17) is 23.2 Å². The number of nitrogens with zero attached hydrogens (tertiary/aromatic N) is 2. The van der Waals surface area contributed by atoms with Crippen LogP contribution in [0.2, 0.25) is 10.0 Å². The minimum absolute atomic E-state index is 0.108. The number of benzene rings is 2. The molecule has 2 aromatic carbocycles. The molecule has 2 aromatic rings. The molecule has 4 rings (SSSR count). The van der Waals surface area contributed by atoms with Crippen LogP contribution in [0, 0.1) is 5.41 Å². The van der Waals surface area contributed by atoms with Gasteiger partial charge in [-0.2, -0.15) is 0 Å². The van der Waals surface area contributed by atoms with Crippen molar-refractivity contribution in [2.24, 2.45) is 5.41 Å². The van der Waals surface area contributed by atoms with E-state index in [0.717, 1.165) is 24.0 Å². The van der Waals surface area contributed by atoms with E-state index in [-0.39, 0.29) is 36.2 Å². The first-order chi connectivity index (χ1) is 17.6. The van der Waals surface area contributed by atoms with E-state index in [2.05, 4.69) is 0 Å². The molecule has 4 atom stereocenters. The largest absolute Gasteiger partial charge is 0.481 e. The van der Waals surface area contributed by atoms with Crippen molar-refractivity contribution in [1.29, 1.82) is 0 Å². The summed E-state index contributed by atoms with van der Waals surface area (Å²) in [5, 5.41) is 11.0. The lowest BCUT2D eigenvalue weighted by molar-refractivity contribution is -0.161. The van der Waals surface area contributed by atoms with Crippen LogP contribution in [0.3, 0.4) is 0 Å². The summed E-state index contributed by atoms with van der Waals surface area (Å²) in [5.74, 6) is -1.29. The Labute approximate surface area is 228 Å². The van der Waals surface area contributed by atoms with Crippen LogP contribution in [0.15, 0.2) is 48.5 Å². The molecule has 2 saturated heterocycles. The number of carboxylic acid groups (broad SMARTS) is 1. The Morgan fingerprint density at radius 3 is 2.43 bits per heavy atom. The van der Waals surface area contributed by atoms with Crippen molar-refractivity contribution in [3.63, 3.8) is 0 Å². The van der Waals surface area contributed by atoms with Crippen LogP contribution < -0.4 is 0 Å². The molecule has 0 saturated carbocycles. The summed E-state index contributed by atoms with van der Waals surface area (Å²) < 4.78 is 0. The molecule has 6 nitrogen and oxygen atoms in total.